The molecule has 0 radical (unpaired) electrons. The number of thiazole rings is 1. The highest BCUT2D eigenvalue weighted by molar-refractivity contribution is 7.13. The summed E-state index contributed by atoms with van der Waals surface area (Å²) in [6.07, 6.45) is 0.533. The molecule has 6 nitrogen and oxygen atoms in total. The van der Waals surface area contributed by atoms with Crippen molar-refractivity contribution in [3.05, 3.63) is 40.9 Å². The summed E-state index contributed by atoms with van der Waals surface area (Å²) in [7, 11) is 0. The van der Waals surface area contributed by atoms with Crippen LogP contribution < -0.4 is 5.32 Å². The van der Waals surface area contributed by atoms with Crippen molar-refractivity contribution in [1.29, 1.82) is 0 Å². The number of amides is 1. The summed E-state index contributed by atoms with van der Waals surface area (Å²) in [5.41, 5.74) is 2.48. The molecule has 1 N–H and O–H groups in total. The molecular formula is C20H26N2O4S. The Hall–Kier alpha value is -2.41. The Balaban J connectivity index is 1.74. The fraction of sp³-hybridized carbons (Fsp3) is 0.450. The highest BCUT2D eigenvalue weighted by Crippen LogP contribution is 2.24. The number of hydrogen-bond acceptors (Lipinski definition) is 6. The molecule has 2 aromatic rings. The van der Waals surface area contributed by atoms with E-state index in [2.05, 4.69) is 41.5 Å². The molecule has 0 aliphatic rings. The maximum Gasteiger partial charge on any atom is 0.407 e. The Bertz CT molecular complexity index is 763. The summed E-state index contributed by atoms with van der Waals surface area (Å²) in [6.45, 7) is 7.74. The molecule has 0 saturated carbocycles. The van der Waals surface area contributed by atoms with E-state index in [0.717, 1.165) is 17.0 Å². The van der Waals surface area contributed by atoms with Crippen LogP contribution in [0.2, 0.25) is 0 Å². The van der Waals surface area contributed by atoms with E-state index in [-0.39, 0.29) is 19.6 Å². The van der Waals surface area contributed by atoms with Gasteiger partial charge in [-0.2, -0.15) is 0 Å². The molecule has 1 heterocycles. The lowest BCUT2D eigenvalue weighted by Crippen LogP contribution is -2.33. The van der Waals surface area contributed by atoms with Crippen LogP contribution in [0.4, 0.5) is 4.79 Å². The highest BCUT2D eigenvalue weighted by Gasteiger charge is 2.16. The number of alkyl carbamates (subject to hydrolysis) is 1. The smallest absolute Gasteiger partial charge is 0.407 e. The van der Waals surface area contributed by atoms with Crippen LogP contribution in [0.1, 0.15) is 45.4 Å². The number of carbonyl (C=O) groups excluding carboxylic acids is 2. The van der Waals surface area contributed by atoms with Gasteiger partial charge in [0.1, 0.15) is 17.2 Å². The predicted molar refractivity (Wildman–Crippen MR) is 106 cm³/mol. The Kier molecular flexibility index (Phi) is 7.36. The Labute approximate surface area is 163 Å². The van der Waals surface area contributed by atoms with E-state index in [9.17, 15) is 9.59 Å². The van der Waals surface area contributed by atoms with Gasteiger partial charge in [-0.3, -0.25) is 4.79 Å². The molecule has 1 aromatic heterocycles. The largest absolute Gasteiger partial charge is 0.459 e. The Morgan fingerprint density at radius 3 is 2.52 bits per heavy atom. The van der Waals surface area contributed by atoms with Gasteiger partial charge in [0.2, 0.25) is 0 Å². The van der Waals surface area contributed by atoms with Crippen molar-refractivity contribution in [2.24, 2.45) is 0 Å². The molecule has 1 aromatic carbocycles. The molecule has 2 rings (SSSR count). The minimum atomic E-state index is -0.566. The first-order valence-electron chi connectivity index (χ1n) is 8.93. The monoisotopic (exact) mass is 390 g/mol. The van der Waals surface area contributed by atoms with E-state index in [1.54, 1.807) is 20.8 Å². The van der Waals surface area contributed by atoms with Gasteiger partial charge in [0.15, 0.2) is 0 Å². The number of carbonyl (C=O) groups is 2. The summed E-state index contributed by atoms with van der Waals surface area (Å²) >= 11 is 1.52. The van der Waals surface area contributed by atoms with Crippen molar-refractivity contribution in [2.45, 2.75) is 52.7 Å². The normalized spacial score (nSPS) is 11.1. The quantitative estimate of drug-likeness (QED) is 0.712. The third-order valence-electron chi connectivity index (χ3n) is 3.54. The third kappa shape index (κ3) is 7.38. The number of aryl methyl sites for hydroxylation is 1. The van der Waals surface area contributed by atoms with Crippen LogP contribution in [-0.2, 0) is 27.3 Å². The minimum absolute atomic E-state index is 0.0781. The number of rotatable bonds is 7. The van der Waals surface area contributed by atoms with Gasteiger partial charge in [-0.05, 0) is 32.8 Å². The van der Waals surface area contributed by atoms with E-state index in [1.807, 2.05) is 5.38 Å². The lowest BCUT2D eigenvalue weighted by atomic mass is 10.1. The fourth-order valence-corrected chi connectivity index (χ4v) is 3.01. The second kappa shape index (κ2) is 9.50. The van der Waals surface area contributed by atoms with E-state index in [0.29, 0.717) is 5.69 Å². The van der Waals surface area contributed by atoms with Gasteiger partial charge in [-0.1, -0.05) is 31.2 Å². The summed E-state index contributed by atoms with van der Waals surface area (Å²) < 4.78 is 10.3. The average molecular weight is 391 g/mol. The number of aromatic nitrogens is 1. The van der Waals surface area contributed by atoms with Crippen molar-refractivity contribution in [3.63, 3.8) is 0 Å². The van der Waals surface area contributed by atoms with Crippen molar-refractivity contribution in [3.8, 4) is 10.6 Å². The van der Waals surface area contributed by atoms with Gasteiger partial charge in [0, 0.05) is 17.5 Å². The first kappa shape index (κ1) is 20.9. The van der Waals surface area contributed by atoms with Crippen molar-refractivity contribution in [2.75, 3.05) is 6.54 Å². The van der Waals surface area contributed by atoms with Gasteiger partial charge >= 0.3 is 12.1 Å². The third-order valence-corrected chi connectivity index (χ3v) is 4.48. The standard InChI is InChI=1S/C20H26N2O4S/c1-5-14-6-8-15(9-7-14)18-22-16(13-27-18)12-25-17(23)10-11-21-19(24)26-20(2,3)4/h6-9,13H,5,10-12H2,1-4H3,(H,21,24). The molecule has 7 heteroatoms. The van der Waals surface area contributed by atoms with Gasteiger partial charge in [0.25, 0.3) is 0 Å². The SMILES string of the molecule is CCc1ccc(-c2nc(COC(=O)CCNC(=O)OC(C)(C)C)cs2)cc1. The predicted octanol–water partition coefficient (Wildman–Crippen LogP) is 4.33. The average Bonchev–Trinajstić information content (AvgIpc) is 3.07. The minimum Gasteiger partial charge on any atom is -0.459 e. The number of nitrogens with zero attached hydrogens (tertiary/aromatic N) is 1. The van der Waals surface area contributed by atoms with Gasteiger partial charge in [0.05, 0.1) is 12.1 Å². The summed E-state index contributed by atoms with van der Waals surface area (Å²) in [5, 5.41) is 5.31. The Morgan fingerprint density at radius 2 is 1.89 bits per heavy atom. The lowest BCUT2D eigenvalue weighted by Gasteiger charge is -2.19. The zero-order chi connectivity index (χ0) is 19.9. The molecule has 0 spiro atoms. The zero-order valence-corrected chi connectivity index (χ0v) is 17.0. The zero-order valence-electron chi connectivity index (χ0n) is 16.2. The summed E-state index contributed by atoms with van der Waals surface area (Å²) in [5.74, 6) is -0.395. The van der Waals surface area contributed by atoms with Crippen LogP contribution in [0.3, 0.4) is 0 Å². The molecule has 0 aliphatic carbocycles. The molecule has 27 heavy (non-hydrogen) atoms. The second-order valence-electron chi connectivity index (χ2n) is 7.03. The number of hydrogen-bond donors (Lipinski definition) is 1. The summed E-state index contributed by atoms with van der Waals surface area (Å²) in [4.78, 5) is 27.8. The van der Waals surface area contributed by atoms with Gasteiger partial charge in [-0.25, -0.2) is 9.78 Å². The topological polar surface area (TPSA) is 77.5 Å². The Morgan fingerprint density at radius 1 is 1.19 bits per heavy atom. The van der Waals surface area contributed by atoms with Crippen molar-refractivity contribution in [1.82, 2.24) is 10.3 Å². The molecule has 0 atom stereocenters. The van der Waals surface area contributed by atoms with E-state index in [1.165, 1.54) is 16.9 Å². The molecule has 0 bridgehead atoms. The van der Waals surface area contributed by atoms with Crippen LogP contribution in [0.25, 0.3) is 10.6 Å². The first-order chi connectivity index (χ1) is 12.8. The molecule has 146 valence electrons. The molecule has 0 aliphatic heterocycles. The molecule has 1 amide bonds. The van der Waals surface area contributed by atoms with E-state index < -0.39 is 17.7 Å². The first-order valence-corrected chi connectivity index (χ1v) is 9.81. The second-order valence-corrected chi connectivity index (χ2v) is 7.89. The molecule has 0 saturated heterocycles. The van der Waals surface area contributed by atoms with Crippen LogP contribution >= 0.6 is 11.3 Å². The van der Waals surface area contributed by atoms with E-state index in [4.69, 9.17) is 9.47 Å². The van der Waals surface area contributed by atoms with Crippen LogP contribution in [0.15, 0.2) is 29.6 Å². The maximum absolute atomic E-state index is 11.8. The van der Waals surface area contributed by atoms with Gasteiger partial charge < -0.3 is 14.8 Å². The maximum atomic E-state index is 11.8. The molecule has 0 fully saturated rings. The number of esters is 1. The van der Waals surface area contributed by atoms with Crippen LogP contribution in [-0.4, -0.2) is 29.2 Å². The number of benzene rings is 1. The van der Waals surface area contributed by atoms with E-state index >= 15 is 0 Å². The van der Waals surface area contributed by atoms with Gasteiger partial charge in [-0.15, -0.1) is 11.3 Å². The number of ether oxygens (including phenoxy) is 2. The van der Waals surface area contributed by atoms with Crippen molar-refractivity contribution >= 4 is 23.4 Å². The summed E-state index contributed by atoms with van der Waals surface area (Å²) in [6, 6.07) is 8.29. The van der Waals surface area contributed by atoms with Crippen LogP contribution in [0, 0.1) is 0 Å². The van der Waals surface area contributed by atoms with Crippen LogP contribution in [0.5, 0.6) is 0 Å². The molecular weight excluding hydrogens is 364 g/mol. The fourth-order valence-electron chi connectivity index (χ4n) is 2.20. The number of nitrogens with one attached hydrogen (secondary N) is 1. The highest BCUT2D eigenvalue weighted by atomic mass is 32.1. The molecule has 0 unspecified atom stereocenters. The van der Waals surface area contributed by atoms with Crippen molar-refractivity contribution < 1.29 is 19.1 Å². The lowest BCUT2D eigenvalue weighted by molar-refractivity contribution is -0.144.